The first-order chi connectivity index (χ1) is 14.3. The van der Waals surface area contributed by atoms with Gasteiger partial charge in [0, 0.05) is 32.5 Å². The van der Waals surface area contributed by atoms with Gasteiger partial charge >= 0.3 is 0 Å². The third kappa shape index (κ3) is 3.52. The Bertz CT molecular complexity index is 1050. The number of nitrogens with one attached hydrogen (secondary N) is 3. The molecule has 1 atom stereocenters. The minimum absolute atomic E-state index is 0.150. The average Bonchev–Trinajstić information content (AvgIpc) is 3.17. The zero-order valence-electron chi connectivity index (χ0n) is 17.2. The maximum absolute atomic E-state index is 3.41. The lowest BCUT2D eigenvalue weighted by atomic mass is 9.87. The second-order valence-corrected chi connectivity index (χ2v) is 7.14. The fourth-order valence-electron chi connectivity index (χ4n) is 4.14. The summed E-state index contributed by atoms with van der Waals surface area (Å²) in [5, 5.41) is 10.1. The van der Waals surface area contributed by atoms with Gasteiger partial charge in [0.2, 0.25) is 0 Å². The van der Waals surface area contributed by atoms with Gasteiger partial charge in [-0.3, -0.25) is 0 Å². The molecule has 146 valence electrons. The molecule has 1 aliphatic carbocycles. The standard InChI is InChI=1S/C26H27N3/c1-27-23-17-24(28-2)26(29-3)25(23)22-12-8-7-11-21(22)20-15-13-19(14-16-20)18-9-5-4-6-10-18/h4-17,25,27-29H,1-3H3. The van der Waals surface area contributed by atoms with Crippen LogP contribution in [0.5, 0.6) is 0 Å². The monoisotopic (exact) mass is 381 g/mol. The Morgan fingerprint density at radius 1 is 0.586 bits per heavy atom. The van der Waals surface area contributed by atoms with Crippen LogP contribution in [0.4, 0.5) is 0 Å². The van der Waals surface area contributed by atoms with Crippen LogP contribution in [0.1, 0.15) is 11.5 Å². The third-order valence-electron chi connectivity index (χ3n) is 5.59. The highest BCUT2D eigenvalue weighted by Gasteiger charge is 2.29. The van der Waals surface area contributed by atoms with Crippen molar-refractivity contribution in [1.82, 2.24) is 16.0 Å². The highest BCUT2D eigenvalue weighted by molar-refractivity contribution is 5.74. The normalized spacial score (nSPS) is 15.8. The Morgan fingerprint density at radius 3 is 1.86 bits per heavy atom. The van der Waals surface area contributed by atoms with Gasteiger partial charge < -0.3 is 16.0 Å². The van der Waals surface area contributed by atoms with Crippen molar-refractivity contribution >= 4 is 0 Å². The molecule has 0 spiro atoms. The third-order valence-corrected chi connectivity index (χ3v) is 5.59. The second kappa shape index (κ2) is 8.27. The van der Waals surface area contributed by atoms with E-state index in [1.165, 1.54) is 39.2 Å². The molecule has 3 heteroatoms. The van der Waals surface area contributed by atoms with Gasteiger partial charge in [-0.1, -0.05) is 78.9 Å². The smallest absolute Gasteiger partial charge is 0.0662 e. The highest BCUT2D eigenvalue weighted by atomic mass is 15.0. The minimum atomic E-state index is 0.150. The maximum Gasteiger partial charge on any atom is 0.0662 e. The van der Waals surface area contributed by atoms with E-state index in [0.717, 1.165) is 5.70 Å². The van der Waals surface area contributed by atoms with E-state index in [9.17, 15) is 0 Å². The van der Waals surface area contributed by atoms with Crippen LogP contribution in [-0.4, -0.2) is 21.1 Å². The van der Waals surface area contributed by atoms with E-state index in [1.54, 1.807) is 0 Å². The number of hydrogen-bond donors (Lipinski definition) is 3. The van der Waals surface area contributed by atoms with Crippen molar-refractivity contribution in [2.45, 2.75) is 5.92 Å². The summed E-state index contributed by atoms with van der Waals surface area (Å²) in [5.41, 5.74) is 9.73. The zero-order chi connectivity index (χ0) is 20.2. The van der Waals surface area contributed by atoms with Gasteiger partial charge in [0.15, 0.2) is 0 Å². The Morgan fingerprint density at radius 2 is 1.21 bits per heavy atom. The van der Waals surface area contributed by atoms with Crippen molar-refractivity contribution in [3.8, 4) is 22.3 Å². The van der Waals surface area contributed by atoms with Gasteiger partial charge in [-0.05, 0) is 33.9 Å². The highest BCUT2D eigenvalue weighted by Crippen LogP contribution is 2.40. The quantitative estimate of drug-likeness (QED) is 0.570. The molecule has 0 saturated heterocycles. The van der Waals surface area contributed by atoms with Crippen molar-refractivity contribution in [1.29, 1.82) is 0 Å². The Labute approximate surface area is 173 Å². The van der Waals surface area contributed by atoms with Crippen molar-refractivity contribution < 1.29 is 0 Å². The zero-order valence-corrected chi connectivity index (χ0v) is 17.2. The summed E-state index contributed by atoms with van der Waals surface area (Å²) in [6, 6.07) is 28.0. The van der Waals surface area contributed by atoms with Gasteiger partial charge in [0.1, 0.15) is 0 Å². The van der Waals surface area contributed by atoms with Gasteiger partial charge in [-0.25, -0.2) is 0 Å². The molecule has 4 rings (SSSR count). The molecule has 0 heterocycles. The van der Waals surface area contributed by atoms with Crippen molar-refractivity contribution in [3.63, 3.8) is 0 Å². The van der Waals surface area contributed by atoms with Crippen molar-refractivity contribution in [2.24, 2.45) is 0 Å². The van der Waals surface area contributed by atoms with E-state index in [-0.39, 0.29) is 5.92 Å². The summed E-state index contributed by atoms with van der Waals surface area (Å²) in [7, 11) is 5.94. The van der Waals surface area contributed by atoms with Crippen LogP contribution in [0.2, 0.25) is 0 Å². The molecule has 0 radical (unpaired) electrons. The number of benzene rings is 3. The van der Waals surface area contributed by atoms with Crippen LogP contribution >= 0.6 is 0 Å². The maximum atomic E-state index is 3.41. The molecular formula is C26H27N3. The van der Waals surface area contributed by atoms with Gasteiger partial charge in [-0.2, -0.15) is 0 Å². The molecule has 1 unspecified atom stereocenters. The van der Waals surface area contributed by atoms with Crippen LogP contribution < -0.4 is 16.0 Å². The van der Waals surface area contributed by atoms with E-state index in [1.807, 2.05) is 21.1 Å². The molecule has 3 nitrogen and oxygen atoms in total. The first-order valence-corrected chi connectivity index (χ1v) is 10.0. The molecule has 3 N–H and O–H groups in total. The molecule has 29 heavy (non-hydrogen) atoms. The average molecular weight is 382 g/mol. The summed E-state index contributed by atoms with van der Waals surface area (Å²) in [6.45, 7) is 0. The van der Waals surface area contributed by atoms with Crippen LogP contribution in [0.15, 0.2) is 102 Å². The van der Waals surface area contributed by atoms with Crippen LogP contribution in [0.25, 0.3) is 22.3 Å². The van der Waals surface area contributed by atoms with E-state index in [0.29, 0.717) is 0 Å². The largest absolute Gasteiger partial charge is 0.391 e. The Hall–Kier alpha value is -3.46. The predicted molar refractivity (Wildman–Crippen MR) is 122 cm³/mol. The predicted octanol–water partition coefficient (Wildman–Crippen LogP) is 4.87. The van der Waals surface area contributed by atoms with Crippen LogP contribution in [0.3, 0.4) is 0 Å². The molecule has 3 aromatic rings. The van der Waals surface area contributed by atoms with E-state index < -0.39 is 0 Å². The van der Waals surface area contributed by atoms with Gasteiger partial charge in [-0.15, -0.1) is 0 Å². The fraction of sp³-hybridized carbons (Fsp3) is 0.154. The number of rotatable bonds is 6. The molecule has 0 saturated carbocycles. The fourth-order valence-corrected chi connectivity index (χ4v) is 4.14. The molecule has 0 aromatic heterocycles. The lowest BCUT2D eigenvalue weighted by Gasteiger charge is -2.23. The summed E-state index contributed by atoms with van der Waals surface area (Å²) in [4.78, 5) is 0. The topological polar surface area (TPSA) is 36.1 Å². The number of allylic oxidation sites excluding steroid dienone is 1. The first-order valence-electron chi connectivity index (χ1n) is 10.0. The van der Waals surface area contributed by atoms with Crippen LogP contribution in [-0.2, 0) is 0 Å². The van der Waals surface area contributed by atoms with Crippen molar-refractivity contribution in [3.05, 3.63) is 108 Å². The summed E-state index contributed by atoms with van der Waals surface area (Å²) < 4.78 is 0. The molecule has 0 amide bonds. The lowest BCUT2D eigenvalue weighted by molar-refractivity contribution is 0.765. The molecule has 3 aromatic carbocycles. The minimum Gasteiger partial charge on any atom is -0.391 e. The summed E-state index contributed by atoms with van der Waals surface area (Å²) in [6.07, 6.45) is 2.19. The van der Waals surface area contributed by atoms with E-state index in [4.69, 9.17) is 0 Å². The number of likely N-dealkylation sites (N-methyl/N-ethyl adjacent to an activating group) is 3. The first kappa shape index (κ1) is 18.9. The Kier molecular flexibility index (Phi) is 5.39. The molecule has 0 fully saturated rings. The molecular weight excluding hydrogens is 354 g/mol. The van der Waals surface area contributed by atoms with E-state index >= 15 is 0 Å². The Balaban J connectivity index is 1.76. The van der Waals surface area contributed by atoms with Gasteiger partial charge in [0.25, 0.3) is 0 Å². The molecule has 1 aliphatic rings. The molecule has 0 aliphatic heterocycles. The second-order valence-electron chi connectivity index (χ2n) is 7.14. The van der Waals surface area contributed by atoms with E-state index in [2.05, 4.69) is 101 Å². The lowest BCUT2D eigenvalue weighted by Crippen LogP contribution is -2.21. The van der Waals surface area contributed by atoms with Crippen molar-refractivity contribution in [2.75, 3.05) is 21.1 Å². The van der Waals surface area contributed by atoms with Crippen LogP contribution in [0, 0.1) is 0 Å². The SMILES string of the molecule is CNC1=CC(NC)=C(NC)C1c1ccccc1-c1ccc(-c2ccccc2)cc1. The summed E-state index contributed by atoms with van der Waals surface area (Å²) in [5.74, 6) is 0.150. The van der Waals surface area contributed by atoms with Gasteiger partial charge in [0.05, 0.1) is 11.6 Å². The summed E-state index contributed by atoms with van der Waals surface area (Å²) >= 11 is 0. The molecule has 0 bridgehead atoms. The number of hydrogen-bond acceptors (Lipinski definition) is 3.